The lowest BCUT2D eigenvalue weighted by atomic mass is 9.77. The van der Waals surface area contributed by atoms with Crippen molar-refractivity contribution >= 4 is 57.1 Å². The number of benzene rings is 3. The van der Waals surface area contributed by atoms with Crippen LogP contribution in [0.15, 0.2) is 66.9 Å². The maximum absolute atomic E-state index is 13.1. The minimum atomic E-state index is -3.53. The molecule has 57 heavy (non-hydrogen) atoms. The number of imide groups is 2. The summed E-state index contributed by atoms with van der Waals surface area (Å²) in [4.78, 5) is 71.6. The summed E-state index contributed by atoms with van der Waals surface area (Å²) in [6, 6.07) is 17.9. The number of amides is 5. The zero-order valence-electron chi connectivity index (χ0n) is 30.9. The van der Waals surface area contributed by atoms with Crippen LogP contribution in [0.2, 0.25) is 5.02 Å². The number of nitrogens with one attached hydrogen (secondary N) is 3. The first-order chi connectivity index (χ1) is 27.0. The van der Waals surface area contributed by atoms with Gasteiger partial charge in [-0.25, -0.2) is 18.4 Å². The number of ether oxygens (including phenoxy) is 2. The second kappa shape index (κ2) is 16.4. The Labute approximate surface area is 332 Å². The normalized spacial score (nSPS) is 15.4. The molecule has 0 spiro atoms. The minimum Gasteiger partial charge on any atom is -0.490 e. The van der Waals surface area contributed by atoms with Crippen molar-refractivity contribution in [1.82, 2.24) is 25.5 Å². The van der Waals surface area contributed by atoms with Crippen LogP contribution in [-0.2, 0) is 43.0 Å². The SMILES string of the molecule is CC(C)(c1ccc(OCc2ccnc(NS(C)(=O)=O)n2)cc1)c1cc(Cl)c(OCCC(=O)NCc2ccc3c(c2)C(=O)N(C2CCC(=O)NC2=O)C3=O)c(C#N)c1. The molecular formula is C39H36ClN7O9S. The number of nitrogens with zero attached hydrogens (tertiary/aromatic N) is 4. The summed E-state index contributed by atoms with van der Waals surface area (Å²) in [5.41, 5.74) is 2.47. The van der Waals surface area contributed by atoms with E-state index in [4.69, 9.17) is 21.1 Å². The van der Waals surface area contributed by atoms with E-state index >= 15 is 0 Å². The molecule has 1 unspecified atom stereocenters. The molecule has 4 aromatic rings. The van der Waals surface area contributed by atoms with Crippen LogP contribution in [0.25, 0.3) is 0 Å². The molecular weight excluding hydrogens is 778 g/mol. The van der Waals surface area contributed by atoms with Gasteiger partial charge in [0.05, 0.1) is 46.7 Å². The van der Waals surface area contributed by atoms with E-state index in [9.17, 15) is 37.7 Å². The monoisotopic (exact) mass is 813 g/mol. The number of carbonyl (C=O) groups is 5. The van der Waals surface area contributed by atoms with Crippen molar-refractivity contribution in [3.05, 3.63) is 111 Å². The number of rotatable bonds is 14. The van der Waals surface area contributed by atoms with Crippen molar-refractivity contribution in [2.75, 3.05) is 17.6 Å². The molecule has 0 saturated carbocycles. The van der Waals surface area contributed by atoms with Crippen molar-refractivity contribution in [3.8, 4) is 17.6 Å². The highest BCUT2D eigenvalue weighted by Gasteiger charge is 2.44. The Balaban J connectivity index is 1.02. The largest absolute Gasteiger partial charge is 0.490 e. The van der Waals surface area contributed by atoms with Gasteiger partial charge in [0, 0.05) is 24.6 Å². The molecule has 1 saturated heterocycles. The second-order valence-electron chi connectivity index (χ2n) is 13.8. The third-order valence-electron chi connectivity index (χ3n) is 9.41. The molecule has 1 aromatic heterocycles. The fourth-order valence-electron chi connectivity index (χ4n) is 6.33. The molecule has 5 amide bonds. The van der Waals surface area contributed by atoms with E-state index in [1.165, 1.54) is 18.3 Å². The van der Waals surface area contributed by atoms with Gasteiger partial charge in [0.2, 0.25) is 33.7 Å². The summed E-state index contributed by atoms with van der Waals surface area (Å²) in [5.74, 6) is -2.18. The van der Waals surface area contributed by atoms with E-state index in [1.54, 1.807) is 36.4 Å². The zero-order chi connectivity index (χ0) is 41.1. The Morgan fingerprint density at radius 2 is 1.75 bits per heavy atom. The fourth-order valence-corrected chi connectivity index (χ4v) is 7.03. The average molecular weight is 814 g/mol. The number of carbonyl (C=O) groups excluding carboxylic acids is 5. The third-order valence-corrected chi connectivity index (χ3v) is 10.2. The lowest BCUT2D eigenvalue weighted by Crippen LogP contribution is -2.54. The van der Waals surface area contributed by atoms with Crippen molar-refractivity contribution in [1.29, 1.82) is 5.26 Å². The molecule has 2 aliphatic heterocycles. The lowest BCUT2D eigenvalue weighted by Gasteiger charge is -2.27. The predicted molar refractivity (Wildman–Crippen MR) is 205 cm³/mol. The van der Waals surface area contributed by atoms with Gasteiger partial charge >= 0.3 is 0 Å². The number of anilines is 1. The second-order valence-corrected chi connectivity index (χ2v) is 16.0. The van der Waals surface area contributed by atoms with Crippen LogP contribution in [0.3, 0.4) is 0 Å². The van der Waals surface area contributed by atoms with Gasteiger partial charge in [-0.05, 0) is 65.6 Å². The Morgan fingerprint density at radius 3 is 2.46 bits per heavy atom. The molecule has 294 valence electrons. The number of hydrogen-bond donors (Lipinski definition) is 3. The Kier molecular flexibility index (Phi) is 11.6. The van der Waals surface area contributed by atoms with E-state index in [0.29, 0.717) is 17.0 Å². The van der Waals surface area contributed by atoms with Gasteiger partial charge < -0.3 is 14.8 Å². The van der Waals surface area contributed by atoms with Crippen LogP contribution < -0.4 is 24.8 Å². The molecule has 3 aromatic carbocycles. The quantitative estimate of drug-likeness (QED) is 0.155. The van der Waals surface area contributed by atoms with E-state index in [0.717, 1.165) is 22.3 Å². The van der Waals surface area contributed by atoms with E-state index in [-0.39, 0.29) is 78.3 Å². The number of nitriles is 1. The van der Waals surface area contributed by atoms with E-state index in [1.807, 2.05) is 26.0 Å². The Hall–Kier alpha value is -6.38. The van der Waals surface area contributed by atoms with Crippen molar-refractivity contribution < 1.29 is 41.9 Å². The molecule has 2 aliphatic rings. The van der Waals surface area contributed by atoms with Crippen LogP contribution >= 0.6 is 11.6 Å². The van der Waals surface area contributed by atoms with Gasteiger partial charge in [0.1, 0.15) is 24.5 Å². The van der Waals surface area contributed by atoms with Crippen LogP contribution in [0, 0.1) is 11.3 Å². The number of aromatic nitrogens is 2. The zero-order valence-corrected chi connectivity index (χ0v) is 32.5. The lowest BCUT2D eigenvalue weighted by molar-refractivity contribution is -0.136. The summed E-state index contributed by atoms with van der Waals surface area (Å²) >= 11 is 6.64. The van der Waals surface area contributed by atoms with Gasteiger partial charge in [-0.1, -0.05) is 43.6 Å². The van der Waals surface area contributed by atoms with Gasteiger partial charge in [0.25, 0.3) is 11.8 Å². The fraction of sp³-hybridized carbons (Fsp3) is 0.282. The van der Waals surface area contributed by atoms with Crippen molar-refractivity contribution in [2.24, 2.45) is 0 Å². The number of sulfonamides is 1. The highest BCUT2D eigenvalue weighted by molar-refractivity contribution is 7.92. The summed E-state index contributed by atoms with van der Waals surface area (Å²) in [5, 5.41) is 15.1. The topological polar surface area (TPSA) is 227 Å². The van der Waals surface area contributed by atoms with E-state index < -0.39 is 45.1 Å². The minimum absolute atomic E-state index is 0.0133. The third kappa shape index (κ3) is 9.20. The van der Waals surface area contributed by atoms with Gasteiger partial charge in [-0.15, -0.1) is 0 Å². The number of fused-ring (bicyclic) bond motifs is 1. The highest BCUT2D eigenvalue weighted by atomic mass is 35.5. The van der Waals surface area contributed by atoms with Gasteiger partial charge in [0.15, 0.2) is 5.75 Å². The van der Waals surface area contributed by atoms with E-state index in [2.05, 4.69) is 31.4 Å². The Morgan fingerprint density at radius 1 is 1.02 bits per heavy atom. The molecule has 0 aliphatic carbocycles. The summed E-state index contributed by atoms with van der Waals surface area (Å²) < 4.78 is 36.9. The molecule has 16 nitrogen and oxygen atoms in total. The molecule has 3 heterocycles. The average Bonchev–Trinajstić information content (AvgIpc) is 3.41. The molecule has 0 radical (unpaired) electrons. The maximum atomic E-state index is 13.1. The van der Waals surface area contributed by atoms with Crippen LogP contribution in [0.5, 0.6) is 11.5 Å². The smallest absolute Gasteiger partial charge is 0.262 e. The molecule has 6 rings (SSSR count). The number of piperidine rings is 1. The molecule has 1 fully saturated rings. The Bertz CT molecular complexity index is 2450. The summed E-state index contributed by atoms with van der Waals surface area (Å²) in [6.07, 6.45) is 2.41. The van der Waals surface area contributed by atoms with Crippen molar-refractivity contribution in [3.63, 3.8) is 0 Å². The van der Waals surface area contributed by atoms with Crippen LogP contribution in [0.4, 0.5) is 5.95 Å². The first kappa shape index (κ1) is 40.3. The van der Waals surface area contributed by atoms with Crippen molar-refractivity contribution in [2.45, 2.75) is 57.7 Å². The predicted octanol–water partition coefficient (Wildman–Crippen LogP) is 3.76. The molecule has 18 heteroatoms. The molecule has 3 N–H and O–H groups in total. The van der Waals surface area contributed by atoms with Gasteiger partial charge in [-0.3, -0.25) is 38.9 Å². The summed E-state index contributed by atoms with van der Waals surface area (Å²) in [6.45, 7) is 3.97. The van der Waals surface area contributed by atoms with Crippen LogP contribution in [-0.4, -0.2) is 71.7 Å². The molecule has 1 atom stereocenters. The summed E-state index contributed by atoms with van der Waals surface area (Å²) in [7, 11) is -3.53. The first-order valence-corrected chi connectivity index (χ1v) is 19.8. The molecule has 0 bridgehead atoms. The first-order valence-electron chi connectivity index (χ1n) is 17.5. The highest BCUT2D eigenvalue weighted by Crippen LogP contribution is 2.39. The number of halogens is 1. The van der Waals surface area contributed by atoms with Gasteiger partial charge in [-0.2, -0.15) is 5.26 Å². The number of hydrogen-bond acceptors (Lipinski definition) is 12. The van der Waals surface area contributed by atoms with Crippen LogP contribution in [0.1, 0.15) is 81.8 Å². The standard InChI is InChI=1S/C39H36ClN7O9S/c1-39(2,24-5-7-27(8-6-24)56-21-26-12-14-42-38(44-26)46-57(3,53)54)25-17-23(19-41)34(30(40)18-25)55-15-13-32(48)43-20-22-4-9-28-29(16-22)37(52)47(36(28)51)31-10-11-33(49)45-35(31)50/h4-9,12,14,16-18,31H,10-11,13,15,20-21H2,1-3H3,(H,43,48)(H,42,44,46)(H,45,49,50). The maximum Gasteiger partial charge on any atom is 0.262 e.